The first-order valence-corrected chi connectivity index (χ1v) is 8.08. The maximum atomic E-state index is 6.11. The van der Waals surface area contributed by atoms with Gasteiger partial charge in [0.2, 0.25) is 0 Å². The van der Waals surface area contributed by atoms with E-state index in [0.717, 1.165) is 27.5 Å². The topological polar surface area (TPSA) is 12.0 Å². The quantitative estimate of drug-likeness (QED) is 0.678. The van der Waals surface area contributed by atoms with E-state index in [1.165, 1.54) is 11.1 Å². The van der Waals surface area contributed by atoms with E-state index in [-0.39, 0.29) is 6.04 Å². The van der Waals surface area contributed by atoms with Crippen LogP contribution in [0, 0.1) is 0 Å². The SMILES string of the molecule is CCC(NCc1ccc(Br)c(Cl)c1)c1cccc(Cl)c1. The minimum Gasteiger partial charge on any atom is -0.306 e. The Morgan fingerprint density at radius 2 is 1.95 bits per heavy atom. The first-order valence-electron chi connectivity index (χ1n) is 6.53. The lowest BCUT2D eigenvalue weighted by atomic mass is 10.0. The van der Waals surface area contributed by atoms with Crippen molar-refractivity contribution in [2.45, 2.75) is 25.9 Å². The van der Waals surface area contributed by atoms with Crippen LogP contribution in [0.4, 0.5) is 0 Å². The molecular formula is C16H16BrCl2N. The summed E-state index contributed by atoms with van der Waals surface area (Å²) >= 11 is 15.6. The number of rotatable bonds is 5. The van der Waals surface area contributed by atoms with Crippen molar-refractivity contribution in [3.63, 3.8) is 0 Å². The van der Waals surface area contributed by atoms with Gasteiger partial charge in [-0.15, -0.1) is 0 Å². The average molecular weight is 373 g/mol. The van der Waals surface area contributed by atoms with E-state index in [9.17, 15) is 0 Å². The molecule has 20 heavy (non-hydrogen) atoms. The molecule has 1 unspecified atom stereocenters. The third-order valence-corrected chi connectivity index (χ3v) is 4.66. The van der Waals surface area contributed by atoms with Crippen LogP contribution in [0.15, 0.2) is 46.9 Å². The zero-order valence-electron chi connectivity index (χ0n) is 11.2. The van der Waals surface area contributed by atoms with Gasteiger partial charge in [0.25, 0.3) is 0 Å². The highest BCUT2D eigenvalue weighted by atomic mass is 79.9. The summed E-state index contributed by atoms with van der Waals surface area (Å²) in [4.78, 5) is 0. The smallest absolute Gasteiger partial charge is 0.0551 e. The second-order valence-electron chi connectivity index (χ2n) is 4.65. The normalized spacial score (nSPS) is 12.4. The molecule has 0 aromatic heterocycles. The zero-order valence-corrected chi connectivity index (χ0v) is 14.3. The third kappa shape index (κ3) is 4.23. The van der Waals surface area contributed by atoms with E-state index in [1.54, 1.807) is 0 Å². The molecule has 1 nitrogen and oxygen atoms in total. The van der Waals surface area contributed by atoms with Crippen molar-refractivity contribution >= 4 is 39.1 Å². The largest absolute Gasteiger partial charge is 0.306 e. The van der Waals surface area contributed by atoms with Gasteiger partial charge < -0.3 is 5.32 Å². The van der Waals surface area contributed by atoms with Crippen LogP contribution in [0.2, 0.25) is 10.0 Å². The summed E-state index contributed by atoms with van der Waals surface area (Å²) in [5.41, 5.74) is 2.38. The van der Waals surface area contributed by atoms with E-state index < -0.39 is 0 Å². The number of hydrogen-bond acceptors (Lipinski definition) is 1. The molecule has 2 aromatic carbocycles. The summed E-state index contributed by atoms with van der Waals surface area (Å²) in [6, 6.07) is 14.3. The van der Waals surface area contributed by atoms with Gasteiger partial charge in [0, 0.05) is 22.1 Å². The molecule has 2 aromatic rings. The second kappa shape index (κ2) is 7.46. The lowest BCUT2D eigenvalue weighted by molar-refractivity contribution is 0.519. The minimum absolute atomic E-state index is 0.288. The minimum atomic E-state index is 0.288. The molecule has 0 aliphatic carbocycles. The Bertz CT molecular complexity index is 586. The lowest BCUT2D eigenvalue weighted by Crippen LogP contribution is -2.20. The number of halogens is 3. The summed E-state index contributed by atoms with van der Waals surface area (Å²) in [5.74, 6) is 0. The molecule has 0 bridgehead atoms. The van der Waals surface area contributed by atoms with Crippen LogP contribution < -0.4 is 5.32 Å². The molecule has 0 saturated heterocycles. The van der Waals surface area contributed by atoms with Crippen molar-refractivity contribution in [2.24, 2.45) is 0 Å². The van der Waals surface area contributed by atoms with Gasteiger partial charge in [-0.25, -0.2) is 0 Å². The van der Waals surface area contributed by atoms with Gasteiger partial charge in [-0.05, 0) is 57.7 Å². The van der Waals surface area contributed by atoms with Crippen LogP contribution in [-0.2, 0) is 6.54 Å². The predicted octanol–water partition coefficient (Wildman–Crippen LogP) is 6.00. The van der Waals surface area contributed by atoms with Crippen molar-refractivity contribution < 1.29 is 0 Å². The van der Waals surface area contributed by atoms with Gasteiger partial charge >= 0.3 is 0 Å². The van der Waals surface area contributed by atoms with Crippen molar-refractivity contribution in [2.75, 3.05) is 0 Å². The van der Waals surface area contributed by atoms with E-state index >= 15 is 0 Å². The monoisotopic (exact) mass is 371 g/mol. The fourth-order valence-electron chi connectivity index (χ4n) is 2.11. The standard InChI is InChI=1S/C16H16BrCl2N/c1-2-16(12-4-3-5-13(18)9-12)20-10-11-6-7-14(17)15(19)8-11/h3-9,16,20H,2,10H2,1H3. The molecular weight excluding hydrogens is 357 g/mol. The highest BCUT2D eigenvalue weighted by molar-refractivity contribution is 9.10. The number of benzene rings is 2. The highest BCUT2D eigenvalue weighted by Gasteiger charge is 2.09. The summed E-state index contributed by atoms with van der Waals surface area (Å²) in [5, 5.41) is 5.05. The van der Waals surface area contributed by atoms with Gasteiger partial charge in [-0.1, -0.05) is 48.3 Å². The molecule has 1 atom stereocenters. The third-order valence-electron chi connectivity index (χ3n) is 3.20. The van der Waals surface area contributed by atoms with Crippen molar-refractivity contribution in [1.82, 2.24) is 5.32 Å². The van der Waals surface area contributed by atoms with Crippen molar-refractivity contribution in [1.29, 1.82) is 0 Å². The maximum Gasteiger partial charge on any atom is 0.0551 e. The van der Waals surface area contributed by atoms with Crippen LogP contribution in [0.25, 0.3) is 0 Å². The van der Waals surface area contributed by atoms with Gasteiger partial charge in [0.05, 0.1) is 5.02 Å². The van der Waals surface area contributed by atoms with E-state index in [4.69, 9.17) is 23.2 Å². The summed E-state index contributed by atoms with van der Waals surface area (Å²) < 4.78 is 0.921. The molecule has 4 heteroatoms. The molecule has 0 fully saturated rings. The first-order chi connectivity index (χ1) is 9.60. The van der Waals surface area contributed by atoms with Crippen LogP contribution in [0.3, 0.4) is 0 Å². The van der Waals surface area contributed by atoms with Crippen LogP contribution >= 0.6 is 39.1 Å². The first kappa shape index (κ1) is 15.8. The number of hydrogen-bond donors (Lipinski definition) is 1. The molecule has 2 rings (SSSR count). The molecule has 0 aliphatic heterocycles. The average Bonchev–Trinajstić information content (AvgIpc) is 2.43. The molecule has 106 valence electrons. The lowest BCUT2D eigenvalue weighted by Gasteiger charge is -2.18. The van der Waals surface area contributed by atoms with E-state index in [0.29, 0.717) is 0 Å². The zero-order chi connectivity index (χ0) is 14.5. The number of nitrogens with one attached hydrogen (secondary N) is 1. The van der Waals surface area contributed by atoms with E-state index in [1.807, 2.05) is 30.3 Å². The summed E-state index contributed by atoms with van der Waals surface area (Å²) in [6.07, 6.45) is 1.00. The molecule has 0 radical (unpaired) electrons. The second-order valence-corrected chi connectivity index (χ2v) is 6.34. The molecule has 1 N–H and O–H groups in total. The van der Waals surface area contributed by atoms with Gasteiger partial charge in [0.15, 0.2) is 0 Å². The fourth-order valence-corrected chi connectivity index (χ4v) is 2.76. The van der Waals surface area contributed by atoms with Gasteiger partial charge in [0.1, 0.15) is 0 Å². The van der Waals surface area contributed by atoms with Gasteiger partial charge in [-0.2, -0.15) is 0 Å². The van der Waals surface area contributed by atoms with Crippen LogP contribution in [0.5, 0.6) is 0 Å². The van der Waals surface area contributed by atoms with Crippen molar-refractivity contribution in [3.05, 3.63) is 68.1 Å². The van der Waals surface area contributed by atoms with Gasteiger partial charge in [-0.3, -0.25) is 0 Å². The Balaban J connectivity index is 2.05. The predicted molar refractivity (Wildman–Crippen MR) is 90.5 cm³/mol. The Morgan fingerprint density at radius 1 is 1.15 bits per heavy atom. The van der Waals surface area contributed by atoms with Crippen molar-refractivity contribution in [3.8, 4) is 0 Å². The van der Waals surface area contributed by atoms with Crippen LogP contribution in [0.1, 0.15) is 30.5 Å². The Morgan fingerprint density at radius 3 is 2.60 bits per heavy atom. The molecule has 0 aliphatic rings. The Labute approximate surface area is 138 Å². The molecule has 0 amide bonds. The molecule has 0 saturated carbocycles. The molecule has 0 heterocycles. The molecule has 0 spiro atoms. The Kier molecular flexibility index (Phi) is 5.91. The Hall–Kier alpha value is -0.540. The van der Waals surface area contributed by atoms with E-state index in [2.05, 4.69) is 40.3 Å². The highest BCUT2D eigenvalue weighted by Crippen LogP contribution is 2.24. The summed E-state index contributed by atoms with van der Waals surface area (Å²) in [7, 11) is 0. The summed E-state index contributed by atoms with van der Waals surface area (Å²) in [6.45, 7) is 2.94. The fraction of sp³-hybridized carbons (Fsp3) is 0.250. The van der Waals surface area contributed by atoms with Crippen LogP contribution in [-0.4, -0.2) is 0 Å². The maximum absolute atomic E-state index is 6.11.